The Hall–Kier alpha value is -2.13. The quantitative estimate of drug-likeness (QED) is 0.478. The van der Waals surface area contributed by atoms with Crippen LogP contribution in [-0.2, 0) is 16.0 Å². The highest BCUT2D eigenvalue weighted by Gasteiger charge is 2.33. The molecule has 8 heteroatoms. The number of carbonyl (C=O) groups is 1. The van der Waals surface area contributed by atoms with E-state index in [4.69, 9.17) is 14.2 Å². The fraction of sp³-hybridized carbons (Fsp3) is 0.560. The number of benzene rings is 1. The van der Waals surface area contributed by atoms with Crippen molar-refractivity contribution in [1.29, 1.82) is 0 Å². The standard InChI is InChI=1S/C25H36N2O5S/c1-4-7-19(28)16-26(13-14-30-2)17-25(29)27-12-10-24-20(11-15-33-24)21(27)18-32-23-9-6-5-8-22(23)31-3/h5-6,8-9,11,15,19,21,28H,4,7,10,12-14,16-18H2,1-3H3/t19-,21-/m0/s1. The molecule has 0 spiro atoms. The van der Waals surface area contributed by atoms with Gasteiger partial charge in [0.2, 0.25) is 5.91 Å². The van der Waals surface area contributed by atoms with E-state index in [9.17, 15) is 9.90 Å². The van der Waals surface area contributed by atoms with Crippen molar-refractivity contribution < 1.29 is 24.1 Å². The average Bonchev–Trinajstić information content (AvgIpc) is 3.30. The number of aliphatic hydroxyl groups excluding tert-OH is 1. The Morgan fingerprint density at radius 2 is 2.06 bits per heavy atom. The van der Waals surface area contributed by atoms with Crippen LogP contribution in [0.2, 0.25) is 0 Å². The Morgan fingerprint density at radius 1 is 1.27 bits per heavy atom. The van der Waals surface area contributed by atoms with Crippen molar-refractivity contribution in [3.05, 3.63) is 46.2 Å². The van der Waals surface area contributed by atoms with Crippen LogP contribution in [0.3, 0.4) is 0 Å². The van der Waals surface area contributed by atoms with Crippen LogP contribution in [0.1, 0.15) is 36.2 Å². The van der Waals surface area contributed by atoms with Crippen LogP contribution in [0.5, 0.6) is 11.5 Å². The summed E-state index contributed by atoms with van der Waals surface area (Å²) in [6.07, 6.45) is 2.02. The van der Waals surface area contributed by atoms with E-state index in [0.717, 1.165) is 24.8 Å². The predicted molar refractivity (Wildman–Crippen MR) is 130 cm³/mol. The minimum Gasteiger partial charge on any atom is -0.493 e. The molecule has 182 valence electrons. The molecule has 0 saturated heterocycles. The zero-order chi connectivity index (χ0) is 23.6. The predicted octanol–water partition coefficient (Wildman–Crippen LogP) is 3.37. The summed E-state index contributed by atoms with van der Waals surface area (Å²) < 4.78 is 16.8. The summed E-state index contributed by atoms with van der Waals surface area (Å²) in [4.78, 5) is 18.7. The number of fused-ring (bicyclic) bond motifs is 1. The summed E-state index contributed by atoms with van der Waals surface area (Å²) in [5, 5.41) is 12.4. The lowest BCUT2D eigenvalue weighted by molar-refractivity contribution is -0.136. The van der Waals surface area contributed by atoms with Crippen molar-refractivity contribution in [2.45, 2.75) is 38.3 Å². The van der Waals surface area contributed by atoms with Crippen molar-refractivity contribution in [1.82, 2.24) is 9.80 Å². The first kappa shape index (κ1) is 25.5. The number of aliphatic hydroxyl groups is 1. The molecule has 0 aliphatic carbocycles. The molecule has 0 fully saturated rings. The molecule has 2 atom stereocenters. The average molecular weight is 477 g/mol. The number of methoxy groups -OCH3 is 2. The molecule has 33 heavy (non-hydrogen) atoms. The number of ether oxygens (including phenoxy) is 3. The largest absolute Gasteiger partial charge is 0.493 e. The smallest absolute Gasteiger partial charge is 0.237 e. The number of rotatable bonds is 13. The number of nitrogens with zero attached hydrogens (tertiary/aromatic N) is 2. The molecule has 1 N–H and O–H groups in total. The van der Waals surface area contributed by atoms with E-state index in [-0.39, 0.29) is 18.5 Å². The Balaban J connectivity index is 1.73. The molecule has 3 rings (SSSR count). The lowest BCUT2D eigenvalue weighted by atomic mass is 10.0. The van der Waals surface area contributed by atoms with Crippen LogP contribution in [0, 0.1) is 0 Å². The first-order valence-electron chi connectivity index (χ1n) is 11.6. The minimum atomic E-state index is -0.450. The molecule has 2 heterocycles. The fourth-order valence-electron chi connectivity index (χ4n) is 4.24. The van der Waals surface area contributed by atoms with Gasteiger partial charge in [-0.2, -0.15) is 0 Å². The molecule has 0 saturated carbocycles. The SMILES string of the molecule is CCC[C@H](O)CN(CCOC)CC(=O)N1CCc2sccc2[C@@H]1COc1ccccc1OC. The monoisotopic (exact) mass is 476 g/mol. The maximum absolute atomic E-state index is 13.5. The van der Waals surface area contributed by atoms with Crippen molar-refractivity contribution in [2.75, 3.05) is 53.6 Å². The third-order valence-corrected chi connectivity index (χ3v) is 6.94. The fourth-order valence-corrected chi connectivity index (χ4v) is 5.17. The second-order valence-corrected chi connectivity index (χ2v) is 9.28. The van der Waals surface area contributed by atoms with Crippen LogP contribution < -0.4 is 9.47 Å². The zero-order valence-corrected chi connectivity index (χ0v) is 20.7. The van der Waals surface area contributed by atoms with Crippen LogP contribution >= 0.6 is 11.3 Å². The van der Waals surface area contributed by atoms with Gasteiger partial charge in [-0.25, -0.2) is 0 Å². The van der Waals surface area contributed by atoms with Crippen LogP contribution in [0.4, 0.5) is 0 Å². The number of para-hydroxylation sites is 2. The van der Waals surface area contributed by atoms with Crippen molar-refractivity contribution in [3.8, 4) is 11.5 Å². The molecule has 0 radical (unpaired) electrons. The molecule has 0 unspecified atom stereocenters. The molecule has 1 aliphatic heterocycles. The van der Waals surface area contributed by atoms with Gasteiger partial charge in [0.1, 0.15) is 6.61 Å². The normalized spacial score (nSPS) is 16.5. The highest BCUT2D eigenvalue weighted by molar-refractivity contribution is 7.10. The van der Waals surface area contributed by atoms with E-state index >= 15 is 0 Å². The summed E-state index contributed by atoms with van der Waals surface area (Å²) in [6, 6.07) is 9.49. The molecule has 7 nitrogen and oxygen atoms in total. The van der Waals surface area contributed by atoms with Gasteiger partial charge in [0.25, 0.3) is 0 Å². The van der Waals surface area contributed by atoms with Gasteiger partial charge < -0.3 is 24.2 Å². The maximum Gasteiger partial charge on any atom is 0.237 e. The summed E-state index contributed by atoms with van der Waals surface area (Å²) in [5.74, 6) is 1.38. The summed E-state index contributed by atoms with van der Waals surface area (Å²) in [6.45, 7) is 4.88. The third kappa shape index (κ3) is 6.93. The molecule has 2 aromatic rings. The lowest BCUT2D eigenvalue weighted by Crippen LogP contribution is -2.48. The van der Waals surface area contributed by atoms with E-state index in [1.165, 1.54) is 4.88 Å². The van der Waals surface area contributed by atoms with Gasteiger partial charge in [0.05, 0.1) is 32.4 Å². The van der Waals surface area contributed by atoms with E-state index in [1.54, 1.807) is 25.6 Å². The van der Waals surface area contributed by atoms with E-state index in [0.29, 0.717) is 44.3 Å². The van der Waals surface area contributed by atoms with Gasteiger partial charge in [0, 0.05) is 31.6 Å². The highest BCUT2D eigenvalue weighted by atomic mass is 32.1. The van der Waals surface area contributed by atoms with Gasteiger partial charge in [-0.3, -0.25) is 9.69 Å². The molecule has 1 aromatic carbocycles. The van der Waals surface area contributed by atoms with Crippen molar-refractivity contribution in [2.24, 2.45) is 0 Å². The Bertz CT molecular complexity index is 874. The van der Waals surface area contributed by atoms with E-state index in [1.807, 2.05) is 41.0 Å². The number of thiophene rings is 1. The van der Waals surface area contributed by atoms with Crippen molar-refractivity contribution in [3.63, 3.8) is 0 Å². The number of amides is 1. The van der Waals surface area contributed by atoms with Crippen LogP contribution in [0.25, 0.3) is 0 Å². The lowest BCUT2D eigenvalue weighted by Gasteiger charge is -2.37. The van der Waals surface area contributed by atoms with Crippen LogP contribution in [-0.4, -0.2) is 80.5 Å². The summed E-state index contributed by atoms with van der Waals surface area (Å²) in [7, 11) is 3.27. The summed E-state index contributed by atoms with van der Waals surface area (Å²) >= 11 is 1.73. The maximum atomic E-state index is 13.5. The second kappa shape index (κ2) is 12.9. The van der Waals surface area contributed by atoms with Crippen LogP contribution in [0.15, 0.2) is 35.7 Å². The second-order valence-electron chi connectivity index (χ2n) is 8.28. The number of hydrogen-bond acceptors (Lipinski definition) is 7. The van der Waals surface area contributed by atoms with E-state index < -0.39 is 6.10 Å². The summed E-state index contributed by atoms with van der Waals surface area (Å²) in [5.41, 5.74) is 1.16. The van der Waals surface area contributed by atoms with Gasteiger partial charge >= 0.3 is 0 Å². The van der Waals surface area contributed by atoms with Gasteiger partial charge in [-0.05, 0) is 42.0 Å². The first-order chi connectivity index (χ1) is 16.1. The number of carbonyl (C=O) groups excluding carboxylic acids is 1. The zero-order valence-electron chi connectivity index (χ0n) is 19.9. The van der Waals surface area contributed by atoms with Gasteiger partial charge in [-0.15, -0.1) is 11.3 Å². The van der Waals surface area contributed by atoms with Gasteiger partial charge in [-0.1, -0.05) is 25.5 Å². The molecule has 0 bridgehead atoms. The number of hydrogen-bond donors (Lipinski definition) is 1. The molecule has 1 amide bonds. The highest BCUT2D eigenvalue weighted by Crippen LogP contribution is 2.35. The Morgan fingerprint density at radius 3 is 2.79 bits per heavy atom. The Labute approximate surface area is 200 Å². The Kier molecular flexibility index (Phi) is 9.99. The topological polar surface area (TPSA) is 71.5 Å². The van der Waals surface area contributed by atoms with Gasteiger partial charge in [0.15, 0.2) is 11.5 Å². The molecule has 1 aromatic heterocycles. The molecular formula is C25H36N2O5S. The molecule has 1 aliphatic rings. The first-order valence-corrected chi connectivity index (χ1v) is 12.5. The molecular weight excluding hydrogens is 440 g/mol. The third-order valence-electron chi connectivity index (χ3n) is 5.94. The van der Waals surface area contributed by atoms with Crippen molar-refractivity contribution >= 4 is 17.2 Å². The minimum absolute atomic E-state index is 0.0419. The van der Waals surface area contributed by atoms with E-state index in [2.05, 4.69) is 11.4 Å².